The van der Waals surface area contributed by atoms with Crippen LogP contribution < -0.4 is 10.1 Å². The Morgan fingerprint density at radius 1 is 1.48 bits per heavy atom. The van der Waals surface area contributed by atoms with E-state index in [2.05, 4.69) is 10.4 Å². The fourth-order valence-electron chi connectivity index (χ4n) is 2.42. The second-order valence-corrected chi connectivity index (χ2v) is 5.32. The Balaban J connectivity index is 1.98. The van der Waals surface area contributed by atoms with Crippen LogP contribution in [0.2, 0.25) is 0 Å². The molecule has 0 spiro atoms. The van der Waals surface area contributed by atoms with Crippen LogP contribution in [0, 0.1) is 5.82 Å². The van der Waals surface area contributed by atoms with Crippen LogP contribution in [0.1, 0.15) is 30.6 Å². The molecule has 1 aromatic heterocycles. The van der Waals surface area contributed by atoms with Crippen molar-refractivity contribution in [2.24, 2.45) is 0 Å². The summed E-state index contributed by atoms with van der Waals surface area (Å²) < 4.78 is 25.6. The van der Waals surface area contributed by atoms with E-state index >= 15 is 0 Å². The topological polar surface area (TPSA) is 65.4 Å². The van der Waals surface area contributed by atoms with Crippen LogP contribution in [0.15, 0.2) is 24.3 Å². The third-order valence-corrected chi connectivity index (χ3v) is 3.55. The molecule has 1 aromatic carbocycles. The maximum absolute atomic E-state index is 13.0. The van der Waals surface area contributed by atoms with Gasteiger partial charge in [0.15, 0.2) is 11.4 Å². The molecule has 1 aliphatic rings. The molecule has 0 fully saturated rings. The molecule has 6 nitrogen and oxygen atoms in total. The summed E-state index contributed by atoms with van der Waals surface area (Å²) in [6, 6.07) is 5.82. The predicted molar refractivity (Wildman–Crippen MR) is 82.6 cm³/mol. The minimum Gasteiger partial charge on any atom is -0.474 e. The zero-order valence-electron chi connectivity index (χ0n) is 13.0. The van der Waals surface area contributed by atoms with Crippen molar-refractivity contribution in [2.75, 3.05) is 11.9 Å². The van der Waals surface area contributed by atoms with Gasteiger partial charge in [0.25, 0.3) is 0 Å². The summed E-state index contributed by atoms with van der Waals surface area (Å²) in [5.41, 5.74) is 0.892. The standard InChI is InChI=1S/C16H18FN3O3/c1-3-22-16(21)13-14(18-12-6-4-11(17)5-7-12)19-20-9-8-10(2)23-15(13)20/h4-7,10H,3,8-9H2,1-2H3,(H,18,19)/t10-/m1/s1. The molecule has 0 bridgehead atoms. The molecule has 1 atom stereocenters. The highest BCUT2D eigenvalue weighted by Crippen LogP contribution is 2.33. The van der Waals surface area contributed by atoms with Crippen molar-refractivity contribution in [3.8, 4) is 5.88 Å². The van der Waals surface area contributed by atoms with Crippen molar-refractivity contribution < 1.29 is 18.7 Å². The summed E-state index contributed by atoms with van der Waals surface area (Å²) in [5, 5.41) is 7.42. The van der Waals surface area contributed by atoms with E-state index in [-0.39, 0.29) is 24.1 Å². The van der Waals surface area contributed by atoms with Crippen molar-refractivity contribution in [3.63, 3.8) is 0 Å². The molecule has 1 aliphatic heterocycles. The highest BCUT2D eigenvalue weighted by atomic mass is 19.1. The lowest BCUT2D eigenvalue weighted by Gasteiger charge is -2.21. The number of aryl methyl sites for hydroxylation is 1. The van der Waals surface area contributed by atoms with Gasteiger partial charge in [0.2, 0.25) is 5.88 Å². The van der Waals surface area contributed by atoms with Crippen LogP contribution >= 0.6 is 0 Å². The van der Waals surface area contributed by atoms with Crippen LogP contribution in [0.4, 0.5) is 15.9 Å². The molecule has 3 rings (SSSR count). The largest absolute Gasteiger partial charge is 0.474 e. The highest BCUT2D eigenvalue weighted by molar-refractivity contribution is 5.98. The third-order valence-electron chi connectivity index (χ3n) is 3.55. The molecular formula is C16H18FN3O3. The second-order valence-electron chi connectivity index (χ2n) is 5.32. The molecule has 23 heavy (non-hydrogen) atoms. The Kier molecular flexibility index (Phi) is 4.18. The van der Waals surface area contributed by atoms with Gasteiger partial charge in [-0.25, -0.2) is 13.9 Å². The van der Waals surface area contributed by atoms with Crippen molar-refractivity contribution in [1.82, 2.24) is 9.78 Å². The highest BCUT2D eigenvalue weighted by Gasteiger charge is 2.30. The van der Waals surface area contributed by atoms with Gasteiger partial charge >= 0.3 is 5.97 Å². The number of nitrogens with one attached hydrogen (secondary N) is 1. The van der Waals surface area contributed by atoms with E-state index in [1.54, 1.807) is 23.7 Å². The van der Waals surface area contributed by atoms with Gasteiger partial charge in [0.05, 0.1) is 12.7 Å². The Morgan fingerprint density at radius 2 is 2.22 bits per heavy atom. The maximum atomic E-state index is 13.0. The lowest BCUT2D eigenvalue weighted by atomic mass is 10.2. The van der Waals surface area contributed by atoms with Crippen molar-refractivity contribution in [3.05, 3.63) is 35.6 Å². The summed E-state index contributed by atoms with van der Waals surface area (Å²) in [7, 11) is 0. The number of halogens is 1. The molecule has 2 heterocycles. The van der Waals surface area contributed by atoms with Crippen LogP contribution in [0.25, 0.3) is 0 Å². The summed E-state index contributed by atoms with van der Waals surface area (Å²) in [6.07, 6.45) is 0.818. The number of ether oxygens (including phenoxy) is 2. The van der Waals surface area contributed by atoms with Gasteiger partial charge in [-0.1, -0.05) is 0 Å². The number of carbonyl (C=O) groups excluding carboxylic acids is 1. The number of hydrogen-bond acceptors (Lipinski definition) is 5. The fourth-order valence-corrected chi connectivity index (χ4v) is 2.42. The first-order chi connectivity index (χ1) is 11.1. The summed E-state index contributed by atoms with van der Waals surface area (Å²) in [4.78, 5) is 12.3. The molecule has 122 valence electrons. The lowest BCUT2D eigenvalue weighted by molar-refractivity contribution is 0.0515. The number of esters is 1. The molecular weight excluding hydrogens is 301 g/mol. The van der Waals surface area contributed by atoms with Gasteiger partial charge in [-0.15, -0.1) is 0 Å². The normalized spacial score (nSPS) is 16.4. The monoisotopic (exact) mass is 319 g/mol. The molecule has 1 N–H and O–H groups in total. The number of nitrogens with zero attached hydrogens (tertiary/aromatic N) is 2. The van der Waals surface area contributed by atoms with E-state index in [1.807, 2.05) is 6.92 Å². The quantitative estimate of drug-likeness (QED) is 0.877. The van der Waals surface area contributed by atoms with Gasteiger partial charge in [0.1, 0.15) is 5.82 Å². The number of rotatable bonds is 4. The molecule has 0 radical (unpaired) electrons. The van der Waals surface area contributed by atoms with Crippen LogP contribution in [0.3, 0.4) is 0 Å². The predicted octanol–water partition coefficient (Wildman–Crippen LogP) is 3.11. The molecule has 2 aromatic rings. The van der Waals surface area contributed by atoms with E-state index in [9.17, 15) is 9.18 Å². The summed E-state index contributed by atoms with van der Waals surface area (Å²) in [6.45, 7) is 4.60. The Hall–Kier alpha value is -2.57. The van der Waals surface area contributed by atoms with E-state index in [4.69, 9.17) is 9.47 Å². The van der Waals surface area contributed by atoms with Gasteiger partial charge in [-0.2, -0.15) is 5.10 Å². The number of carbonyl (C=O) groups is 1. The Labute approximate surface area is 133 Å². The molecule has 0 aliphatic carbocycles. The van der Waals surface area contributed by atoms with Gasteiger partial charge in [-0.3, -0.25) is 0 Å². The third kappa shape index (κ3) is 3.13. The Bertz CT molecular complexity index is 712. The van der Waals surface area contributed by atoms with Crippen LogP contribution in [0.5, 0.6) is 5.88 Å². The molecule has 0 saturated carbocycles. The van der Waals surface area contributed by atoms with Crippen molar-refractivity contribution in [2.45, 2.75) is 32.9 Å². The average molecular weight is 319 g/mol. The van der Waals surface area contributed by atoms with E-state index in [1.165, 1.54) is 12.1 Å². The SMILES string of the molecule is CCOC(=O)c1c(Nc2ccc(F)cc2)nn2c1O[C@H](C)CC2. The van der Waals surface area contributed by atoms with Crippen molar-refractivity contribution in [1.29, 1.82) is 0 Å². The first-order valence-corrected chi connectivity index (χ1v) is 7.55. The number of hydrogen-bond donors (Lipinski definition) is 1. The van der Waals surface area contributed by atoms with Gasteiger partial charge in [-0.05, 0) is 38.1 Å². The molecule has 0 amide bonds. The van der Waals surface area contributed by atoms with Crippen LogP contribution in [-0.4, -0.2) is 28.5 Å². The molecule has 0 saturated heterocycles. The Morgan fingerprint density at radius 3 is 2.91 bits per heavy atom. The maximum Gasteiger partial charge on any atom is 0.347 e. The second kappa shape index (κ2) is 6.28. The van der Waals surface area contributed by atoms with Gasteiger partial charge < -0.3 is 14.8 Å². The van der Waals surface area contributed by atoms with Crippen LogP contribution in [-0.2, 0) is 11.3 Å². The lowest BCUT2D eigenvalue weighted by Crippen LogP contribution is -2.24. The van der Waals surface area contributed by atoms with Gasteiger partial charge in [0, 0.05) is 18.7 Å². The zero-order valence-corrected chi connectivity index (χ0v) is 13.0. The number of fused-ring (bicyclic) bond motifs is 1. The number of aromatic nitrogens is 2. The van der Waals surface area contributed by atoms with Crippen molar-refractivity contribution >= 4 is 17.5 Å². The smallest absolute Gasteiger partial charge is 0.347 e. The van der Waals surface area contributed by atoms with E-state index in [0.717, 1.165) is 6.42 Å². The number of benzene rings is 1. The molecule has 0 unspecified atom stereocenters. The van der Waals surface area contributed by atoms with E-state index in [0.29, 0.717) is 23.9 Å². The average Bonchev–Trinajstić information content (AvgIpc) is 2.87. The minimum absolute atomic E-state index is 0.00560. The zero-order chi connectivity index (χ0) is 16.4. The minimum atomic E-state index is -0.493. The fraction of sp³-hybridized carbons (Fsp3) is 0.375. The summed E-state index contributed by atoms with van der Waals surface area (Å²) >= 11 is 0. The number of anilines is 2. The summed E-state index contributed by atoms with van der Waals surface area (Å²) in [5.74, 6) is -0.0686. The van der Waals surface area contributed by atoms with E-state index < -0.39 is 5.97 Å². The molecule has 7 heteroatoms. The first-order valence-electron chi connectivity index (χ1n) is 7.55. The first kappa shape index (κ1) is 15.3.